The number of hydrogen-bond acceptors (Lipinski definition) is 6. The molecule has 0 saturated carbocycles. The SMILES string of the molecule is CCCCCCCCCCCCCCCCCC(=O)O[C@@H](COC(=O)CCCCCCCCC)COC(=O)CCCCCCCCCCCCCCCCCCCCC(C)CC. The van der Waals surface area contributed by atoms with Gasteiger partial charge in [-0.25, -0.2) is 0 Å². The summed E-state index contributed by atoms with van der Waals surface area (Å²) < 4.78 is 16.8. The fourth-order valence-corrected chi connectivity index (χ4v) is 8.54. The third kappa shape index (κ3) is 47.9. The lowest BCUT2D eigenvalue weighted by molar-refractivity contribution is -0.167. The number of rotatable bonds is 51. The third-order valence-corrected chi connectivity index (χ3v) is 13.2. The normalized spacial score (nSPS) is 12.4. The molecule has 0 rings (SSSR count). The summed E-state index contributed by atoms with van der Waals surface area (Å²) in [5.74, 6) is 0.0636. The average molecular weight is 877 g/mol. The van der Waals surface area contributed by atoms with Gasteiger partial charge >= 0.3 is 17.9 Å². The van der Waals surface area contributed by atoms with Crippen molar-refractivity contribution < 1.29 is 28.6 Å². The van der Waals surface area contributed by atoms with E-state index in [1.54, 1.807) is 0 Å². The van der Waals surface area contributed by atoms with Gasteiger partial charge in [0, 0.05) is 19.3 Å². The molecule has 368 valence electrons. The standard InChI is InChI=1S/C56H108O6/c1-5-8-10-12-14-15-16-17-22-27-30-33-37-41-45-49-56(59)62-53(50-60-54(57)47-43-39-34-13-11-9-6-2)51-61-55(58)48-44-40-36-32-29-26-24-21-19-18-20-23-25-28-31-35-38-42-46-52(4)7-3/h52-53H,5-51H2,1-4H3/t52?,53-/m0/s1. The molecule has 0 aromatic carbocycles. The lowest BCUT2D eigenvalue weighted by Gasteiger charge is -2.18. The third-order valence-electron chi connectivity index (χ3n) is 13.2. The molecule has 0 aromatic rings. The fourth-order valence-electron chi connectivity index (χ4n) is 8.54. The molecule has 0 heterocycles. The van der Waals surface area contributed by atoms with Crippen molar-refractivity contribution in [3.8, 4) is 0 Å². The Morgan fingerprint density at radius 2 is 0.565 bits per heavy atom. The lowest BCUT2D eigenvalue weighted by Crippen LogP contribution is -2.30. The molecule has 2 atom stereocenters. The highest BCUT2D eigenvalue weighted by molar-refractivity contribution is 5.71. The summed E-state index contributed by atoms with van der Waals surface area (Å²) in [4.78, 5) is 37.9. The first-order valence-electron chi connectivity index (χ1n) is 27.9. The molecule has 0 N–H and O–H groups in total. The summed E-state index contributed by atoms with van der Waals surface area (Å²) in [5, 5.41) is 0. The molecule has 0 aliphatic carbocycles. The zero-order valence-electron chi connectivity index (χ0n) is 42.3. The van der Waals surface area contributed by atoms with Crippen LogP contribution < -0.4 is 0 Å². The Kier molecular flexibility index (Phi) is 49.1. The van der Waals surface area contributed by atoms with Crippen molar-refractivity contribution in [2.75, 3.05) is 13.2 Å². The number of hydrogen-bond donors (Lipinski definition) is 0. The van der Waals surface area contributed by atoms with Crippen LogP contribution in [0.3, 0.4) is 0 Å². The van der Waals surface area contributed by atoms with Gasteiger partial charge in [0.25, 0.3) is 0 Å². The summed E-state index contributed by atoms with van der Waals surface area (Å²) in [6.45, 7) is 9.06. The Hall–Kier alpha value is -1.59. The van der Waals surface area contributed by atoms with Crippen LogP contribution in [0, 0.1) is 5.92 Å². The van der Waals surface area contributed by atoms with Crippen LogP contribution in [-0.4, -0.2) is 37.2 Å². The fraction of sp³-hybridized carbons (Fsp3) is 0.946. The van der Waals surface area contributed by atoms with Gasteiger partial charge < -0.3 is 14.2 Å². The molecule has 6 nitrogen and oxygen atoms in total. The summed E-state index contributed by atoms with van der Waals surface area (Å²) in [7, 11) is 0. The van der Waals surface area contributed by atoms with Crippen molar-refractivity contribution >= 4 is 17.9 Å². The molecular weight excluding hydrogens is 769 g/mol. The highest BCUT2D eigenvalue weighted by atomic mass is 16.6. The van der Waals surface area contributed by atoms with Crippen LogP contribution in [0.1, 0.15) is 317 Å². The molecule has 0 radical (unpaired) electrons. The zero-order chi connectivity index (χ0) is 45.2. The van der Waals surface area contributed by atoms with Crippen molar-refractivity contribution in [3.63, 3.8) is 0 Å². The molecule has 0 aromatic heterocycles. The molecule has 0 fully saturated rings. The van der Waals surface area contributed by atoms with E-state index < -0.39 is 6.10 Å². The van der Waals surface area contributed by atoms with Gasteiger partial charge in [0.05, 0.1) is 0 Å². The van der Waals surface area contributed by atoms with E-state index in [0.717, 1.165) is 63.7 Å². The minimum absolute atomic E-state index is 0.0626. The predicted molar refractivity (Wildman–Crippen MR) is 266 cm³/mol. The van der Waals surface area contributed by atoms with Gasteiger partial charge in [0.15, 0.2) is 6.10 Å². The first-order chi connectivity index (χ1) is 30.4. The quantitative estimate of drug-likeness (QED) is 0.0344. The lowest BCUT2D eigenvalue weighted by atomic mass is 9.99. The van der Waals surface area contributed by atoms with Gasteiger partial charge in [-0.05, 0) is 25.2 Å². The van der Waals surface area contributed by atoms with Crippen LogP contribution in [0.5, 0.6) is 0 Å². The van der Waals surface area contributed by atoms with Gasteiger partial charge in [0.2, 0.25) is 0 Å². The van der Waals surface area contributed by atoms with E-state index in [1.807, 2.05) is 0 Å². The van der Waals surface area contributed by atoms with E-state index in [2.05, 4.69) is 27.7 Å². The van der Waals surface area contributed by atoms with E-state index >= 15 is 0 Å². The minimum Gasteiger partial charge on any atom is -0.462 e. The topological polar surface area (TPSA) is 78.9 Å². The second-order valence-corrected chi connectivity index (χ2v) is 19.5. The first-order valence-corrected chi connectivity index (χ1v) is 27.9. The Bertz CT molecular complexity index is 935. The van der Waals surface area contributed by atoms with Crippen LogP contribution in [0.2, 0.25) is 0 Å². The molecule has 1 unspecified atom stereocenters. The summed E-state index contributed by atoms with van der Waals surface area (Å²) >= 11 is 0. The molecule has 0 aliphatic rings. The molecule has 0 aliphatic heterocycles. The smallest absolute Gasteiger partial charge is 0.306 e. The molecule has 62 heavy (non-hydrogen) atoms. The highest BCUT2D eigenvalue weighted by Crippen LogP contribution is 2.18. The van der Waals surface area contributed by atoms with Crippen LogP contribution in [-0.2, 0) is 28.6 Å². The summed E-state index contributed by atoms with van der Waals surface area (Å²) in [6, 6.07) is 0. The van der Waals surface area contributed by atoms with Gasteiger partial charge in [-0.2, -0.15) is 0 Å². The molecule has 0 saturated heterocycles. The monoisotopic (exact) mass is 877 g/mol. The van der Waals surface area contributed by atoms with Gasteiger partial charge in [-0.3, -0.25) is 14.4 Å². The molecule has 0 amide bonds. The van der Waals surface area contributed by atoms with E-state index in [9.17, 15) is 14.4 Å². The van der Waals surface area contributed by atoms with Crippen molar-refractivity contribution in [2.24, 2.45) is 5.92 Å². The second-order valence-electron chi connectivity index (χ2n) is 19.5. The number of ether oxygens (including phenoxy) is 3. The van der Waals surface area contributed by atoms with Crippen LogP contribution in [0.15, 0.2) is 0 Å². The maximum absolute atomic E-state index is 12.8. The summed E-state index contributed by atoms with van der Waals surface area (Å²) in [5.41, 5.74) is 0. The van der Waals surface area contributed by atoms with Crippen molar-refractivity contribution in [1.29, 1.82) is 0 Å². The number of unbranched alkanes of at least 4 members (excludes halogenated alkanes) is 37. The minimum atomic E-state index is -0.760. The highest BCUT2D eigenvalue weighted by Gasteiger charge is 2.19. The van der Waals surface area contributed by atoms with Crippen LogP contribution in [0.4, 0.5) is 0 Å². The van der Waals surface area contributed by atoms with Gasteiger partial charge in [0.1, 0.15) is 13.2 Å². The Balaban J connectivity index is 4.11. The maximum Gasteiger partial charge on any atom is 0.306 e. The van der Waals surface area contributed by atoms with E-state index in [1.165, 1.54) is 212 Å². The molecule has 6 heteroatoms. The Labute approximate surface area is 387 Å². The van der Waals surface area contributed by atoms with E-state index in [4.69, 9.17) is 14.2 Å². The largest absolute Gasteiger partial charge is 0.462 e. The Morgan fingerprint density at radius 1 is 0.323 bits per heavy atom. The average Bonchev–Trinajstić information content (AvgIpc) is 3.27. The van der Waals surface area contributed by atoms with Gasteiger partial charge in [-0.15, -0.1) is 0 Å². The zero-order valence-corrected chi connectivity index (χ0v) is 42.3. The van der Waals surface area contributed by atoms with Crippen molar-refractivity contribution in [3.05, 3.63) is 0 Å². The van der Waals surface area contributed by atoms with Gasteiger partial charge in [-0.1, -0.05) is 278 Å². The number of carbonyl (C=O) groups excluding carboxylic acids is 3. The molecular formula is C56H108O6. The van der Waals surface area contributed by atoms with E-state index in [-0.39, 0.29) is 31.1 Å². The van der Waals surface area contributed by atoms with Crippen LogP contribution in [0.25, 0.3) is 0 Å². The number of esters is 3. The molecule has 0 bridgehead atoms. The summed E-state index contributed by atoms with van der Waals surface area (Å²) in [6.07, 6.45) is 53.9. The number of carbonyl (C=O) groups is 3. The second kappa shape index (κ2) is 50.4. The predicted octanol–water partition coefficient (Wildman–Crippen LogP) is 18.2. The van der Waals surface area contributed by atoms with Crippen LogP contribution >= 0.6 is 0 Å². The maximum atomic E-state index is 12.8. The van der Waals surface area contributed by atoms with Crippen molar-refractivity contribution in [2.45, 2.75) is 323 Å². The van der Waals surface area contributed by atoms with Crippen molar-refractivity contribution in [1.82, 2.24) is 0 Å². The Morgan fingerprint density at radius 3 is 0.839 bits per heavy atom. The molecule has 0 spiro atoms. The first kappa shape index (κ1) is 60.4. The van der Waals surface area contributed by atoms with E-state index in [0.29, 0.717) is 19.3 Å².